The van der Waals surface area contributed by atoms with Crippen molar-refractivity contribution in [1.29, 1.82) is 0 Å². The fraction of sp³-hybridized carbons (Fsp3) is 0.500. The molecule has 0 bridgehead atoms. The maximum absolute atomic E-state index is 8.53. The van der Waals surface area contributed by atoms with E-state index in [0.717, 1.165) is 0 Å². The standard InChI is InChI=1S/C6H9NO3/c8-2-1-6-3-5(4-9)7-10-6/h3,8-9H,1-2,4H2. The van der Waals surface area contributed by atoms with Crippen LogP contribution >= 0.6 is 0 Å². The minimum Gasteiger partial charge on any atom is -0.396 e. The number of aliphatic hydroxyl groups excluding tert-OH is 2. The van der Waals surface area contributed by atoms with E-state index in [9.17, 15) is 0 Å². The SMILES string of the molecule is OCCc1cc(CO)no1. The highest BCUT2D eigenvalue weighted by molar-refractivity contribution is 5.03. The summed E-state index contributed by atoms with van der Waals surface area (Å²) < 4.78 is 4.73. The third-order valence-corrected chi connectivity index (χ3v) is 1.13. The molecule has 0 aliphatic heterocycles. The number of aromatic nitrogens is 1. The van der Waals surface area contributed by atoms with E-state index >= 15 is 0 Å². The smallest absolute Gasteiger partial charge is 0.139 e. The zero-order valence-corrected chi connectivity index (χ0v) is 5.45. The van der Waals surface area contributed by atoms with Gasteiger partial charge in [-0.1, -0.05) is 5.16 Å². The number of hydrogen-bond donors (Lipinski definition) is 2. The van der Waals surface area contributed by atoms with Crippen LogP contribution in [0.5, 0.6) is 0 Å². The maximum atomic E-state index is 8.53. The van der Waals surface area contributed by atoms with Crippen LogP contribution in [-0.4, -0.2) is 22.0 Å². The lowest BCUT2D eigenvalue weighted by molar-refractivity contribution is 0.259. The topological polar surface area (TPSA) is 66.5 Å². The molecule has 4 nitrogen and oxygen atoms in total. The van der Waals surface area contributed by atoms with E-state index in [2.05, 4.69) is 5.16 Å². The molecular formula is C6H9NO3. The Bertz CT molecular complexity index is 197. The van der Waals surface area contributed by atoms with Crippen LogP contribution in [0, 0.1) is 0 Å². The summed E-state index contributed by atoms with van der Waals surface area (Å²) in [5.41, 5.74) is 0.503. The van der Waals surface area contributed by atoms with Crippen molar-refractivity contribution >= 4 is 0 Å². The summed E-state index contributed by atoms with van der Waals surface area (Å²) in [5, 5.41) is 20.5. The highest BCUT2D eigenvalue weighted by Gasteiger charge is 2.00. The van der Waals surface area contributed by atoms with Crippen LogP contribution in [0.25, 0.3) is 0 Å². The van der Waals surface area contributed by atoms with Crippen LogP contribution in [0.1, 0.15) is 11.5 Å². The van der Waals surface area contributed by atoms with Gasteiger partial charge in [-0.15, -0.1) is 0 Å². The molecule has 1 aromatic heterocycles. The molecule has 0 fully saturated rings. The molecule has 4 heteroatoms. The Hall–Kier alpha value is -0.870. The molecule has 0 aliphatic carbocycles. The molecule has 0 radical (unpaired) electrons. The zero-order chi connectivity index (χ0) is 7.40. The lowest BCUT2D eigenvalue weighted by Gasteiger charge is -1.83. The Labute approximate surface area is 58.1 Å². The van der Waals surface area contributed by atoms with Gasteiger partial charge in [-0.2, -0.15) is 0 Å². The van der Waals surface area contributed by atoms with Crippen LogP contribution in [0.3, 0.4) is 0 Å². The van der Waals surface area contributed by atoms with Crippen LogP contribution in [0.15, 0.2) is 10.6 Å². The molecular weight excluding hydrogens is 134 g/mol. The molecule has 0 aromatic carbocycles. The van der Waals surface area contributed by atoms with Gasteiger partial charge in [-0.25, -0.2) is 0 Å². The second-order valence-corrected chi connectivity index (χ2v) is 1.92. The molecule has 0 saturated heterocycles. The molecule has 0 spiro atoms. The van der Waals surface area contributed by atoms with Gasteiger partial charge in [0.1, 0.15) is 11.5 Å². The third-order valence-electron chi connectivity index (χ3n) is 1.13. The first-order valence-corrected chi connectivity index (χ1v) is 3.03. The van der Waals surface area contributed by atoms with Gasteiger partial charge in [-0.3, -0.25) is 0 Å². The number of rotatable bonds is 3. The van der Waals surface area contributed by atoms with Crippen molar-refractivity contribution < 1.29 is 14.7 Å². The van der Waals surface area contributed by atoms with Crippen LogP contribution in [0.4, 0.5) is 0 Å². The Morgan fingerprint density at radius 1 is 1.50 bits per heavy atom. The first kappa shape index (κ1) is 7.24. The van der Waals surface area contributed by atoms with Crippen LogP contribution in [0.2, 0.25) is 0 Å². The van der Waals surface area contributed by atoms with E-state index in [4.69, 9.17) is 14.7 Å². The Morgan fingerprint density at radius 2 is 2.30 bits per heavy atom. The van der Waals surface area contributed by atoms with E-state index in [-0.39, 0.29) is 13.2 Å². The van der Waals surface area contributed by atoms with Gasteiger partial charge in [-0.05, 0) is 0 Å². The molecule has 1 rings (SSSR count). The number of aliphatic hydroxyl groups is 2. The molecule has 2 N–H and O–H groups in total. The van der Waals surface area contributed by atoms with Gasteiger partial charge in [0.05, 0.1) is 13.2 Å². The Kier molecular flexibility index (Phi) is 2.42. The van der Waals surface area contributed by atoms with Gasteiger partial charge in [0, 0.05) is 12.5 Å². The van der Waals surface area contributed by atoms with E-state index in [0.29, 0.717) is 17.9 Å². The summed E-state index contributed by atoms with van der Waals surface area (Å²) in [6.07, 6.45) is 0.451. The van der Waals surface area contributed by atoms with Crippen molar-refractivity contribution in [2.75, 3.05) is 6.61 Å². The highest BCUT2D eigenvalue weighted by atomic mass is 16.5. The summed E-state index contributed by atoms with van der Waals surface area (Å²) >= 11 is 0. The largest absolute Gasteiger partial charge is 0.396 e. The van der Waals surface area contributed by atoms with Crippen molar-refractivity contribution in [2.45, 2.75) is 13.0 Å². The average molecular weight is 143 g/mol. The molecule has 1 aromatic rings. The van der Waals surface area contributed by atoms with Crippen molar-refractivity contribution in [2.24, 2.45) is 0 Å². The molecule has 0 unspecified atom stereocenters. The molecule has 56 valence electrons. The van der Waals surface area contributed by atoms with Crippen molar-refractivity contribution in [1.82, 2.24) is 5.16 Å². The van der Waals surface area contributed by atoms with Gasteiger partial charge >= 0.3 is 0 Å². The van der Waals surface area contributed by atoms with Gasteiger partial charge in [0.2, 0.25) is 0 Å². The fourth-order valence-corrected chi connectivity index (χ4v) is 0.658. The lowest BCUT2D eigenvalue weighted by Crippen LogP contribution is -1.86. The predicted molar refractivity (Wildman–Crippen MR) is 33.2 cm³/mol. The van der Waals surface area contributed by atoms with E-state index in [1.807, 2.05) is 0 Å². The Morgan fingerprint density at radius 3 is 2.80 bits per heavy atom. The molecule has 10 heavy (non-hydrogen) atoms. The maximum Gasteiger partial charge on any atom is 0.139 e. The monoisotopic (exact) mass is 143 g/mol. The fourth-order valence-electron chi connectivity index (χ4n) is 0.658. The lowest BCUT2D eigenvalue weighted by atomic mass is 10.3. The van der Waals surface area contributed by atoms with Gasteiger partial charge in [0.15, 0.2) is 0 Å². The molecule has 0 atom stereocenters. The molecule has 0 saturated carbocycles. The predicted octanol–water partition coefficient (Wildman–Crippen LogP) is -0.298. The quantitative estimate of drug-likeness (QED) is 0.609. The van der Waals surface area contributed by atoms with Gasteiger partial charge < -0.3 is 14.7 Å². The van der Waals surface area contributed by atoms with Crippen LogP contribution < -0.4 is 0 Å². The summed E-state index contributed by atoms with van der Waals surface area (Å²) in [6.45, 7) is -0.0744. The second kappa shape index (κ2) is 3.34. The highest BCUT2D eigenvalue weighted by Crippen LogP contribution is 2.02. The van der Waals surface area contributed by atoms with Crippen LogP contribution in [-0.2, 0) is 13.0 Å². The van der Waals surface area contributed by atoms with Gasteiger partial charge in [0.25, 0.3) is 0 Å². The zero-order valence-electron chi connectivity index (χ0n) is 5.45. The Balaban J connectivity index is 2.59. The summed E-state index contributed by atoms with van der Waals surface area (Å²) in [7, 11) is 0. The second-order valence-electron chi connectivity index (χ2n) is 1.92. The summed E-state index contributed by atoms with van der Waals surface area (Å²) in [5.74, 6) is 0.603. The average Bonchev–Trinajstić information content (AvgIpc) is 2.37. The minimum atomic E-state index is -0.116. The third kappa shape index (κ3) is 1.55. The normalized spacial score (nSPS) is 10.2. The summed E-state index contributed by atoms with van der Waals surface area (Å²) in [6, 6.07) is 1.62. The van der Waals surface area contributed by atoms with E-state index < -0.39 is 0 Å². The van der Waals surface area contributed by atoms with E-state index in [1.54, 1.807) is 6.07 Å². The first-order valence-electron chi connectivity index (χ1n) is 3.03. The number of nitrogens with zero attached hydrogens (tertiary/aromatic N) is 1. The number of hydrogen-bond acceptors (Lipinski definition) is 4. The minimum absolute atomic E-state index is 0.0417. The molecule has 1 heterocycles. The first-order chi connectivity index (χ1) is 4.86. The van der Waals surface area contributed by atoms with E-state index in [1.165, 1.54) is 0 Å². The molecule has 0 aliphatic rings. The van der Waals surface area contributed by atoms with Crippen molar-refractivity contribution in [3.63, 3.8) is 0 Å². The summed E-state index contributed by atoms with van der Waals surface area (Å²) in [4.78, 5) is 0. The van der Waals surface area contributed by atoms with Crippen molar-refractivity contribution in [3.05, 3.63) is 17.5 Å². The van der Waals surface area contributed by atoms with Crippen molar-refractivity contribution in [3.8, 4) is 0 Å². The molecule has 0 amide bonds.